The molecule has 0 aromatic heterocycles. The highest BCUT2D eigenvalue weighted by Gasteiger charge is 2.32. The van der Waals surface area contributed by atoms with Crippen LogP contribution in [0, 0.1) is 0 Å². The van der Waals surface area contributed by atoms with Gasteiger partial charge in [-0.1, -0.05) is 53.3 Å². The maximum absolute atomic E-state index is 10.9. The van der Waals surface area contributed by atoms with Crippen LogP contribution in [0.2, 0.25) is 0 Å². The van der Waals surface area contributed by atoms with E-state index in [4.69, 9.17) is 5.10 Å². The number of hydrazone groups is 1. The molecule has 3 rings (SSSR count). The summed E-state index contributed by atoms with van der Waals surface area (Å²) in [6.07, 6.45) is 0. The zero-order chi connectivity index (χ0) is 18.6. The van der Waals surface area contributed by atoms with E-state index >= 15 is 0 Å². The lowest BCUT2D eigenvalue weighted by atomic mass is 9.78. The summed E-state index contributed by atoms with van der Waals surface area (Å²) in [7, 11) is 0. The summed E-state index contributed by atoms with van der Waals surface area (Å²) in [6, 6.07) is 4.25. The van der Waals surface area contributed by atoms with Crippen LogP contribution in [0.5, 0.6) is 5.75 Å². The van der Waals surface area contributed by atoms with Gasteiger partial charge in [0.15, 0.2) is 5.17 Å². The van der Waals surface area contributed by atoms with Crippen molar-refractivity contribution < 1.29 is 5.11 Å². The number of amidine groups is 1. The fourth-order valence-electron chi connectivity index (χ4n) is 3.25. The maximum atomic E-state index is 10.9. The van der Waals surface area contributed by atoms with Crippen molar-refractivity contribution in [1.29, 1.82) is 0 Å². The van der Waals surface area contributed by atoms with E-state index in [9.17, 15) is 5.11 Å². The molecule has 1 aromatic rings. The van der Waals surface area contributed by atoms with Crippen LogP contribution in [0.25, 0.3) is 0 Å². The first kappa shape index (κ1) is 18.3. The Hall–Kier alpha value is -1.49. The number of benzene rings is 1. The second-order valence-corrected chi connectivity index (χ2v) is 10.3. The average Bonchev–Trinajstić information content (AvgIpc) is 2.91. The van der Waals surface area contributed by atoms with Gasteiger partial charge in [0, 0.05) is 11.1 Å². The smallest absolute Gasteiger partial charge is 0.180 e. The fraction of sp³-hybridized carbons (Fsp3) is 0.600. The zero-order valence-corrected chi connectivity index (χ0v) is 17.2. The summed E-state index contributed by atoms with van der Waals surface area (Å²) in [5, 5.41) is 19.1. The Kier molecular flexibility index (Phi) is 4.43. The van der Waals surface area contributed by atoms with Crippen molar-refractivity contribution in [3.63, 3.8) is 0 Å². The Bertz CT molecular complexity index is 718. The number of hydrogen-bond donors (Lipinski definition) is 1. The first-order chi connectivity index (χ1) is 11.5. The average molecular weight is 360 g/mol. The normalized spacial score (nSPS) is 21.1. The van der Waals surface area contributed by atoms with Crippen LogP contribution < -0.4 is 0 Å². The van der Waals surface area contributed by atoms with E-state index in [-0.39, 0.29) is 16.1 Å². The second-order valence-electron chi connectivity index (χ2n) is 8.95. The molecule has 1 aromatic carbocycles. The summed E-state index contributed by atoms with van der Waals surface area (Å²) in [5.74, 6) is 0.420. The molecule has 136 valence electrons. The van der Waals surface area contributed by atoms with Crippen LogP contribution in [0.3, 0.4) is 0 Å². The number of rotatable bonds is 1. The molecule has 0 saturated heterocycles. The van der Waals surface area contributed by atoms with Gasteiger partial charge < -0.3 is 5.11 Å². The lowest BCUT2D eigenvalue weighted by Crippen LogP contribution is -2.33. The number of thioether (sulfide) groups is 1. The Morgan fingerprint density at radius 2 is 1.64 bits per heavy atom. The Morgan fingerprint density at radius 3 is 2.16 bits per heavy atom. The molecule has 1 atom stereocenters. The lowest BCUT2D eigenvalue weighted by Gasteiger charge is -2.31. The molecular weight excluding hydrogens is 330 g/mol. The van der Waals surface area contributed by atoms with Crippen molar-refractivity contribution in [3.8, 4) is 5.75 Å². The third-order valence-corrected chi connectivity index (χ3v) is 5.82. The fourth-order valence-corrected chi connectivity index (χ4v) is 4.28. The summed E-state index contributed by atoms with van der Waals surface area (Å²) < 4.78 is 0. The predicted molar refractivity (Wildman–Crippen MR) is 108 cm³/mol. The zero-order valence-electron chi connectivity index (χ0n) is 16.3. The lowest BCUT2D eigenvalue weighted by molar-refractivity contribution is 0.423. The van der Waals surface area contributed by atoms with E-state index in [1.165, 1.54) is 0 Å². The van der Waals surface area contributed by atoms with E-state index in [1.807, 2.05) is 5.01 Å². The van der Waals surface area contributed by atoms with E-state index in [0.29, 0.717) is 5.75 Å². The molecule has 0 saturated carbocycles. The van der Waals surface area contributed by atoms with Gasteiger partial charge in [-0.15, -0.1) is 0 Å². The van der Waals surface area contributed by atoms with Gasteiger partial charge in [0.1, 0.15) is 5.75 Å². The minimum absolute atomic E-state index is 0.133. The van der Waals surface area contributed by atoms with E-state index in [1.54, 1.807) is 11.8 Å². The van der Waals surface area contributed by atoms with E-state index < -0.39 is 0 Å². The molecule has 25 heavy (non-hydrogen) atoms. The van der Waals surface area contributed by atoms with Crippen LogP contribution in [-0.2, 0) is 10.8 Å². The van der Waals surface area contributed by atoms with Crippen molar-refractivity contribution >= 4 is 22.6 Å². The first-order valence-corrected chi connectivity index (χ1v) is 9.82. The number of fused-ring (bicyclic) bond motifs is 1. The van der Waals surface area contributed by atoms with Crippen LogP contribution in [0.4, 0.5) is 0 Å². The topological polar surface area (TPSA) is 48.2 Å². The van der Waals surface area contributed by atoms with Gasteiger partial charge in [0.05, 0.1) is 24.1 Å². The van der Waals surface area contributed by atoms with E-state index in [0.717, 1.165) is 40.7 Å². The van der Waals surface area contributed by atoms with Crippen molar-refractivity contribution in [2.24, 2.45) is 10.1 Å². The van der Waals surface area contributed by atoms with Crippen LogP contribution in [-0.4, -0.2) is 39.3 Å². The number of phenols is 1. The van der Waals surface area contributed by atoms with Crippen LogP contribution in [0.1, 0.15) is 65.2 Å². The third-order valence-electron chi connectivity index (χ3n) is 4.70. The van der Waals surface area contributed by atoms with Gasteiger partial charge in [0.25, 0.3) is 0 Å². The summed E-state index contributed by atoms with van der Waals surface area (Å²) in [5.41, 5.74) is 3.88. The van der Waals surface area contributed by atoms with Crippen LogP contribution in [0.15, 0.2) is 22.2 Å². The molecule has 0 radical (unpaired) electrons. The molecular formula is C20H29N3OS. The summed E-state index contributed by atoms with van der Waals surface area (Å²) in [6.45, 7) is 16.7. The predicted octanol–water partition coefficient (Wildman–Crippen LogP) is 4.50. The monoisotopic (exact) mass is 359 g/mol. The highest BCUT2D eigenvalue weighted by molar-refractivity contribution is 8.15. The molecule has 0 spiro atoms. The molecule has 5 heteroatoms. The molecule has 2 aliphatic rings. The molecule has 0 aliphatic carbocycles. The molecule has 2 aliphatic heterocycles. The van der Waals surface area contributed by atoms with Crippen molar-refractivity contribution in [2.75, 3.05) is 13.1 Å². The Morgan fingerprint density at radius 1 is 1.08 bits per heavy atom. The molecule has 0 amide bonds. The largest absolute Gasteiger partial charge is 0.507 e. The van der Waals surface area contributed by atoms with Crippen LogP contribution >= 0.6 is 11.8 Å². The van der Waals surface area contributed by atoms with E-state index in [2.05, 4.69) is 65.6 Å². The van der Waals surface area contributed by atoms with Gasteiger partial charge in [-0.25, -0.2) is 5.01 Å². The highest BCUT2D eigenvalue weighted by atomic mass is 32.2. The Balaban J connectivity index is 2.18. The first-order valence-electron chi connectivity index (χ1n) is 8.94. The van der Waals surface area contributed by atoms with Gasteiger partial charge in [0.2, 0.25) is 0 Å². The number of phenolic OH excluding ortho intramolecular Hbond substituents is 1. The molecule has 2 heterocycles. The highest BCUT2D eigenvalue weighted by Crippen LogP contribution is 2.41. The summed E-state index contributed by atoms with van der Waals surface area (Å²) >= 11 is 1.77. The third kappa shape index (κ3) is 3.43. The second kappa shape index (κ2) is 6.04. The molecule has 4 nitrogen and oxygen atoms in total. The number of aliphatic imine (C=N–C) groups is 1. The maximum Gasteiger partial charge on any atom is 0.180 e. The van der Waals surface area contributed by atoms with Crippen molar-refractivity contribution in [2.45, 2.75) is 64.5 Å². The van der Waals surface area contributed by atoms with Gasteiger partial charge in [-0.3, -0.25) is 4.99 Å². The standard InChI is InChI=1S/C20H29N3OS/c1-12-16(22-23-9-8-21-18(23)25-12)13-10-14(19(2,3)4)17(24)15(11-13)20(5,6)7/h10-12,24H,8-9H2,1-7H3. The Labute approximate surface area is 155 Å². The molecule has 1 N–H and O–H groups in total. The number of aromatic hydroxyl groups is 1. The van der Waals surface area contributed by atoms with Crippen molar-refractivity contribution in [1.82, 2.24) is 5.01 Å². The minimum atomic E-state index is -0.133. The SMILES string of the molecule is CC1SC2=NCCN2N=C1c1cc(C(C)(C)C)c(O)c(C(C)(C)C)c1. The molecule has 0 fully saturated rings. The molecule has 1 unspecified atom stereocenters. The van der Waals surface area contributed by atoms with Gasteiger partial charge in [-0.2, -0.15) is 5.10 Å². The van der Waals surface area contributed by atoms with Crippen molar-refractivity contribution in [3.05, 3.63) is 28.8 Å². The minimum Gasteiger partial charge on any atom is -0.507 e. The number of hydrogen-bond acceptors (Lipinski definition) is 5. The van der Waals surface area contributed by atoms with Gasteiger partial charge in [-0.05, 0) is 35.4 Å². The number of nitrogens with zero attached hydrogens (tertiary/aromatic N) is 3. The molecule has 0 bridgehead atoms. The quantitative estimate of drug-likeness (QED) is 0.803. The van der Waals surface area contributed by atoms with Gasteiger partial charge >= 0.3 is 0 Å². The summed E-state index contributed by atoms with van der Waals surface area (Å²) in [4.78, 5) is 4.52.